The van der Waals surface area contributed by atoms with Crippen LogP contribution in [0.15, 0.2) is 12.2 Å². The number of aliphatic hydroxyl groups is 2. The average molecular weight is 238 g/mol. The van der Waals surface area contributed by atoms with E-state index < -0.39 is 5.60 Å². The molecule has 2 saturated carbocycles. The van der Waals surface area contributed by atoms with Gasteiger partial charge in [-0.1, -0.05) is 32.9 Å². The SMILES string of the molecule is C=C1CC[C@@H](O)[C@]2(C)CC[C@@](O)(C(C)C)C[C@@H]12. The highest BCUT2D eigenvalue weighted by Crippen LogP contribution is 2.55. The summed E-state index contributed by atoms with van der Waals surface area (Å²) in [7, 11) is 0. The van der Waals surface area contributed by atoms with Gasteiger partial charge >= 0.3 is 0 Å². The van der Waals surface area contributed by atoms with Crippen LogP contribution in [0.5, 0.6) is 0 Å². The van der Waals surface area contributed by atoms with Crippen molar-refractivity contribution in [3.8, 4) is 0 Å². The molecule has 0 bridgehead atoms. The summed E-state index contributed by atoms with van der Waals surface area (Å²) in [4.78, 5) is 0. The Balaban J connectivity index is 2.26. The summed E-state index contributed by atoms with van der Waals surface area (Å²) in [6.07, 6.45) is 4.02. The summed E-state index contributed by atoms with van der Waals surface area (Å²) in [5.41, 5.74) is 0.609. The molecule has 0 heterocycles. The van der Waals surface area contributed by atoms with Crippen LogP contribution in [0.1, 0.15) is 52.9 Å². The average Bonchev–Trinajstić information content (AvgIpc) is 2.27. The predicted octanol–water partition coefficient (Wildman–Crippen LogP) is 2.89. The second-order valence-electron chi connectivity index (χ2n) is 6.73. The van der Waals surface area contributed by atoms with Crippen LogP contribution in [0.3, 0.4) is 0 Å². The fraction of sp³-hybridized carbons (Fsp3) is 0.867. The van der Waals surface area contributed by atoms with Gasteiger partial charge in [0.2, 0.25) is 0 Å². The minimum atomic E-state index is -0.565. The molecule has 0 amide bonds. The molecule has 0 aliphatic heterocycles. The molecule has 0 aromatic rings. The van der Waals surface area contributed by atoms with Crippen molar-refractivity contribution in [1.29, 1.82) is 0 Å². The van der Waals surface area contributed by atoms with E-state index >= 15 is 0 Å². The lowest BCUT2D eigenvalue weighted by Gasteiger charge is -2.54. The molecule has 0 spiro atoms. The van der Waals surface area contributed by atoms with Gasteiger partial charge in [-0.15, -0.1) is 0 Å². The lowest BCUT2D eigenvalue weighted by atomic mass is 9.53. The van der Waals surface area contributed by atoms with E-state index in [1.807, 2.05) is 0 Å². The summed E-state index contributed by atoms with van der Waals surface area (Å²) in [6.45, 7) is 10.5. The number of hydrogen-bond acceptors (Lipinski definition) is 2. The molecule has 0 unspecified atom stereocenters. The van der Waals surface area contributed by atoms with E-state index in [2.05, 4.69) is 27.4 Å². The van der Waals surface area contributed by atoms with Crippen molar-refractivity contribution in [3.05, 3.63) is 12.2 Å². The van der Waals surface area contributed by atoms with Crippen molar-refractivity contribution < 1.29 is 10.2 Å². The topological polar surface area (TPSA) is 40.5 Å². The van der Waals surface area contributed by atoms with Crippen molar-refractivity contribution in [2.45, 2.75) is 64.6 Å². The van der Waals surface area contributed by atoms with E-state index in [4.69, 9.17) is 0 Å². The Morgan fingerprint density at radius 2 is 2.00 bits per heavy atom. The lowest BCUT2D eigenvalue weighted by Crippen LogP contribution is -2.53. The Hall–Kier alpha value is -0.340. The number of fused-ring (bicyclic) bond motifs is 1. The molecular weight excluding hydrogens is 212 g/mol. The fourth-order valence-electron chi connectivity index (χ4n) is 3.71. The van der Waals surface area contributed by atoms with E-state index in [1.54, 1.807) is 0 Å². The van der Waals surface area contributed by atoms with Crippen LogP contribution in [-0.4, -0.2) is 21.9 Å². The number of rotatable bonds is 1. The molecule has 2 heteroatoms. The Morgan fingerprint density at radius 1 is 1.35 bits per heavy atom. The van der Waals surface area contributed by atoms with Crippen molar-refractivity contribution in [3.63, 3.8) is 0 Å². The van der Waals surface area contributed by atoms with E-state index in [0.717, 1.165) is 32.1 Å². The van der Waals surface area contributed by atoms with Gasteiger partial charge in [0.25, 0.3) is 0 Å². The minimum absolute atomic E-state index is 0.0591. The largest absolute Gasteiger partial charge is 0.393 e. The molecule has 17 heavy (non-hydrogen) atoms. The number of allylic oxidation sites excluding steroid dienone is 1. The van der Waals surface area contributed by atoms with Gasteiger partial charge in [-0.25, -0.2) is 0 Å². The molecule has 2 nitrogen and oxygen atoms in total. The molecule has 0 aromatic carbocycles. The van der Waals surface area contributed by atoms with Crippen LogP contribution in [0, 0.1) is 17.3 Å². The zero-order valence-corrected chi connectivity index (χ0v) is 11.4. The normalized spacial score (nSPS) is 47.1. The van der Waals surface area contributed by atoms with Crippen LogP contribution >= 0.6 is 0 Å². The monoisotopic (exact) mass is 238 g/mol. The van der Waals surface area contributed by atoms with Gasteiger partial charge in [-0.2, -0.15) is 0 Å². The first-order chi connectivity index (χ1) is 7.79. The third-order valence-electron chi connectivity index (χ3n) is 5.52. The third kappa shape index (κ3) is 1.96. The molecule has 4 atom stereocenters. The van der Waals surface area contributed by atoms with E-state index in [0.29, 0.717) is 0 Å². The Kier molecular flexibility index (Phi) is 3.16. The number of hydrogen-bond donors (Lipinski definition) is 2. The molecule has 0 radical (unpaired) electrons. The Labute approximate surface area is 105 Å². The summed E-state index contributed by atoms with van der Waals surface area (Å²) in [6, 6.07) is 0. The standard InChI is InChI=1S/C15H26O2/c1-10(2)15(17)8-7-14(4)12(9-15)11(3)5-6-13(14)16/h10,12-13,16-17H,3,5-9H2,1-2,4H3/t12-,13+,14+,15-/m0/s1. The van der Waals surface area contributed by atoms with Crippen molar-refractivity contribution >= 4 is 0 Å². The van der Waals surface area contributed by atoms with Crippen molar-refractivity contribution in [2.24, 2.45) is 17.3 Å². The van der Waals surface area contributed by atoms with E-state index in [1.165, 1.54) is 5.57 Å². The Bertz CT molecular complexity index is 323. The van der Waals surface area contributed by atoms with Gasteiger partial charge in [0.15, 0.2) is 0 Å². The molecule has 2 N–H and O–H groups in total. The molecule has 98 valence electrons. The molecule has 2 rings (SSSR count). The van der Waals surface area contributed by atoms with Gasteiger partial charge < -0.3 is 10.2 Å². The second-order valence-corrected chi connectivity index (χ2v) is 6.73. The van der Waals surface area contributed by atoms with Crippen LogP contribution in [0.4, 0.5) is 0 Å². The van der Waals surface area contributed by atoms with Crippen molar-refractivity contribution in [2.75, 3.05) is 0 Å². The summed E-state index contributed by atoms with van der Waals surface area (Å²) in [5, 5.41) is 21.0. The highest BCUT2D eigenvalue weighted by molar-refractivity contribution is 5.17. The fourth-order valence-corrected chi connectivity index (χ4v) is 3.71. The maximum absolute atomic E-state index is 10.7. The number of aliphatic hydroxyl groups excluding tert-OH is 1. The van der Waals surface area contributed by atoms with E-state index in [-0.39, 0.29) is 23.4 Å². The molecule has 0 aromatic heterocycles. The van der Waals surface area contributed by atoms with Crippen LogP contribution in [-0.2, 0) is 0 Å². The van der Waals surface area contributed by atoms with Gasteiger partial charge in [0, 0.05) is 5.41 Å². The summed E-state index contributed by atoms with van der Waals surface area (Å²) >= 11 is 0. The lowest BCUT2D eigenvalue weighted by molar-refractivity contribution is -0.127. The summed E-state index contributed by atoms with van der Waals surface area (Å²) in [5.74, 6) is 0.561. The maximum Gasteiger partial charge on any atom is 0.0676 e. The van der Waals surface area contributed by atoms with Gasteiger partial charge in [0.1, 0.15) is 0 Å². The molecule has 0 saturated heterocycles. The highest BCUT2D eigenvalue weighted by Gasteiger charge is 2.52. The molecule has 2 aliphatic carbocycles. The first-order valence-corrected chi connectivity index (χ1v) is 6.88. The zero-order chi connectivity index (χ0) is 12.8. The third-order valence-corrected chi connectivity index (χ3v) is 5.52. The van der Waals surface area contributed by atoms with Crippen molar-refractivity contribution in [1.82, 2.24) is 0 Å². The van der Waals surface area contributed by atoms with Crippen LogP contribution in [0.2, 0.25) is 0 Å². The smallest absolute Gasteiger partial charge is 0.0676 e. The first kappa shape index (κ1) is 13.1. The van der Waals surface area contributed by atoms with Crippen LogP contribution < -0.4 is 0 Å². The molecular formula is C15H26O2. The quantitative estimate of drug-likeness (QED) is 0.690. The van der Waals surface area contributed by atoms with Gasteiger partial charge in [-0.05, 0) is 43.9 Å². The predicted molar refractivity (Wildman–Crippen MR) is 69.6 cm³/mol. The summed E-state index contributed by atoms with van der Waals surface area (Å²) < 4.78 is 0. The van der Waals surface area contributed by atoms with Crippen LogP contribution in [0.25, 0.3) is 0 Å². The second kappa shape index (κ2) is 4.10. The zero-order valence-electron chi connectivity index (χ0n) is 11.4. The van der Waals surface area contributed by atoms with E-state index in [9.17, 15) is 10.2 Å². The molecule has 2 aliphatic rings. The molecule has 2 fully saturated rings. The van der Waals surface area contributed by atoms with Gasteiger partial charge in [-0.3, -0.25) is 0 Å². The minimum Gasteiger partial charge on any atom is -0.393 e. The maximum atomic E-state index is 10.7. The Morgan fingerprint density at radius 3 is 2.59 bits per heavy atom. The first-order valence-electron chi connectivity index (χ1n) is 6.88. The van der Waals surface area contributed by atoms with Gasteiger partial charge in [0.05, 0.1) is 11.7 Å². The highest BCUT2D eigenvalue weighted by atomic mass is 16.3.